The molecule has 0 fully saturated rings. The van der Waals surface area contributed by atoms with Gasteiger partial charge in [-0.2, -0.15) is 0 Å². The predicted octanol–water partition coefficient (Wildman–Crippen LogP) is 2.38. The minimum absolute atomic E-state index is 0.0777. The molecule has 0 radical (unpaired) electrons. The van der Waals surface area contributed by atoms with Crippen molar-refractivity contribution in [2.45, 2.75) is 0 Å². The molecule has 1 aromatic heterocycles. The molecule has 0 spiro atoms. The van der Waals surface area contributed by atoms with Crippen molar-refractivity contribution in [1.29, 1.82) is 0 Å². The number of hydrogen-bond acceptors (Lipinski definition) is 5. The fourth-order valence-corrected chi connectivity index (χ4v) is 1.76. The topological polar surface area (TPSA) is 97.4 Å². The van der Waals surface area contributed by atoms with E-state index in [0.29, 0.717) is 0 Å². The zero-order valence-electron chi connectivity index (χ0n) is 12.1. The van der Waals surface area contributed by atoms with Gasteiger partial charge in [0.1, 0.15) is 11.5 Å². The van der Waals surface area contributed by atoms with E-state index in [-0.39, 0.29) is 16.4 Å². The highest BCUT2D eigenvalue weighted by molar-refractivity contribution is 6.30. The molecule has 1 heterocycles. The van der Waals surface area contributed by atoms with Crippen molar-refractivity contribution in [1.82, 2.24) is 10.3 Å². The summed E-state index contributed by atoms with van der Waals surface area (Å²) in [4.78, 5) is 38.5. The van der Waals surface area contributed by atoms with Gasteiger partial charge >= 0.3 is 12.0 Å². The van der Waals surface area contributed by atoms with E-state index in [1.165, 1.54) is 36.5 Å². The van der Waals surface area contributed by atoms with Crippen LogP contribution in [0, 0.1) is 5.82 Å². The molecule has 7 nitrogen and oxygen atoms in total. The Balaban J connectivity index is 1.82. The summed E-state index contributed by atoms with van der Waals surface area (Å²) in [6, 6.07) is 7.22. The molecule has 124 valence electrons. The number of rotatable bonds is 4. The molecule has 0 aliphatic heterocycles. The number of imide groups is 1. The Morgan fingerprint density at radius 1 is 1.21 bits per heavy atom. The van der Waals surface area contributed by atoms with Crippen molar-refractivity contribution in [2.75, 3.05) is 11.9 Å². The van der Waals surface area contributed by atoms with Crippen LogP contribution in [0.4, 0.5) is 14.9 Å². The molecule has 24 heavy (non-hydrogen) atoms. The monoisotopic (exact) mass is 351 g/mol. The lowest BCUT2D eigenvalue weighted by atomic mass is 10.3. The van der Waals surface area contributed by atoms with Gasteiger partial charge in [0, 0.05) is 11.2 Å². The van der Waals surface area contributed by atoms with Crippen molar-refractivity contribution < 1.29 is 23.5 Å². The smallest absolute Gasteiger partial charge is 0.357 e. The van der Waals surface area contributed by atoms with Crippen LogP contribution < -0.4 is 10.6 Å². The van der Waals surface area contributed by atoms with Crippen molar-refractivity contribution >= 4 is 35.2 Å². The maximum Gasteiger partial charge on any atom is 0.357 e. The van der Waals surface area contributed by atoms with Gasteiger partial charge in [0.2, 0.25) is 0 Å². The van der Waals surface area contributed by atoms with Gasteiger partial charge in [-0.25, -0.2) is 19.0 Å². The zero-order valence-corrected chi connectivity index (χ0v) is 12.8. The maximum absolute atomic E-state index is 13.3. The van der Waals surface area contributed by atoms with Gasteiger partial charge in [0.05, 0.1) is 5.69 Å². The molecule has 9 heteroatoms. The third kappa shape index (κ3) is 5.03. The van der Waals surface area contributed by atoms with Gasteiger partial charge in [-0.05, 0) is 24.3 Å². The van der Waals surface area contributed by atoms with E-state index in [4.69, 9.17) is 16.3 Å². The summed E-state index contributed by atoms with van der Waals surface area (Å²) >= 11 is 5.70. The molecular weight excluding hydrogens is 341 g/mol. The Labute approximate surface area is 140 Å². The van der Waals surface area contributed by atoms with E-state index in [2.05, 4.69) is 10.3 Å². The van der Waals surface area contributed by atoms with Crippen LogP contribution in [0.3, 0.4) is 0 Å². The average molecular weight is 352 g/mol. The van der Waals surface area contributed by atoms with Crippen molar-refractivity contribution in [3.63, 3.8) is 0 Å². The first-order chi connectivity index (χ1) is 11.5. The molecule has 3 amide bonds. The number of esters is 1. The van der Waals surface area contributed by atoms with Crippen LogP contribution in [0.5, 0.6) is 0 Å². The number of benzene rings is 1. The minimum Gasteiger partial charge on any atom is -0.451 e. The highest BCUT2D eigenvalue weighted by atomic mass is 35.5. The number of urea groups is 1. The molecule has 2 N–H and O–H groups in total. The van der Waals surface area contributed by atoms with E-state index in [0.717, 1.165) is 6.07 Å². The van der Waals surface area contributed by atoms with Gasteiger partial charge < -0.3 is 10.1 Å². The Morgan fingerprint density at radius 3 is 2.67 bits per heavy atom. The lowest BCUT2D eigenvalue weighted by Crippen LogP contribution is -2.37. The number of carbonyl (C=O) groups excluding carboxylic acids is 3. The highest BCUT2D eigenvalue weighted by Crippen LogP contribution is 2.12. The Hall–Kier alpha value is -3.00. The third-order valence-electron chi connectivity index (χ3n) is 2.64. The summed E-state index contributed by atoms with van der Waals surface area (Å²) in [6.45, 7) is -0.711. The summed E-state index contributed by atoms with van der Waals surface area (Å²) in [5.41, 5.74) is -0.172. The summed E-state index contributed by atoms with van der Waals surface area (Å²) in [5, 5.41) is 4.33. The lowest BCUT2D eigenvalue weighted by Gasteiger charge is -2.08. The molecule has 0 atom stereocenters. The molecule has 1 aromatic carbocycles. The summed E-state index contributed by atoms with van der Waals surface area (Å²) in [6.07, 6.45) is 1.31. The standard InChI is InChI=1S/C15H11ClFN3O4/c16-9-5-6-18-12(7-9)14(22)24-8-13(21)20-15(23)19-11-4-2-1-3-10(11)17/h1-7H,8H2,(H2,19,20,21,23). The van der Waals surface area contributed by atoms with Crippen LogP contribution in [0.25, 0.3) is 0 Å². The second-order valence-electron chi connectivity index (χ2n) is 4.42. The van der Waals surface area contributed by atoms with Gasteiger partial charge in [-0.3, -0.25) is 10.1 Å². The summed E-state index contributed by atoms with van der Waals surface area (Å²) in [5.74, 6) is -2.42. The van der Waals surface area contributed by atoms with Gasteiger partial charge in [-0.15, -0.1) is 0 Å². The number of carbonyl (C=O) groups is 3. The van der Waals surface area contributed by atoms with E-state index < -0.39 is 30.3 Å². The lowest BCUT2D eigenvalue weighted by molar-refractivity contribution is -0.123. The number of amides is 3. The van der Waals surface area contributed by atoms with Crippen LogP contribution in [0.15, 0.2) is 42.6 Å². The summed E-state index contributed by atoms with van der Waals surface area (Å²) < 4.78 is 18.0. The largest absolute Gasteiger partial charge is 0.451 e. The Kier molecular flexibility index (Phi) is 5.80. The van der Waals surface area contributed by atoms with E-state index in [1.807, 2.05) is 5.32 Å². The number of ether oxygens (including phenoxy) is 1. The third-order valence-corrected chi connectivity index (χ3v) is 2.88. The second-order valence-corrected chi connectivity index (χ2v) is 4.85. The molecule has 2 aromatic rings. The number of nitrogens with one attached hydrogen (secondary N) is 2. The fourth-order valence-electron chi connectivity index (χ4n) is 1.60. The molecule has 0 saturated heterocycles. The van der Waals surface area contributed by atoms with Crippen molar-refractivity contribution in [3.8, 4) is 0 Å². The van der Waals surface area contributed by atoms with E-state index in [9.17, 15) is 18.8 Å². The second kappa shape index (κ2) is 8.02. The first kappa shape index (κ1) is 17.4. The van der Waals surface area contributed by atoms with Gasteiger partial charge in [0.15, 0.2) is 6.61 Å². The molecule has 0 aliphatic rings. The number of halogens is 2. The fraction of sp³-hybridized carbons (Fsp3) is 0.0667. The number of pyridine rings is 1. The maximum atomic E-state index is 13.3. The van der Waals surface area contributed by atoms with Crippen molar-refractivity contribution in [2.24, 2.45) is 0 Å². The Bertz CT molecular complexity index is 785. The summed E-state index contributed by atoms with van der Waals surface area (Å²) in [7, 11) is 0. The molecular formula is C15H11ClFN3O4. The SMILES string of the molecule is O=C(COC(=O)c1cc(Cl)ccn1)NC(=O)Nc1ccccc1F. The van der Waals surface area contributed by atoms with Crippen LogP contribution in [-0.2, 0) is 9.53 Å². The minimum atomic E-state index is -0.956. The Morgan fingerprint density at radius 2 is 1.96 bits per heavy atom. The van der Waals surface area contributed by atoms with Crippen LogP contribution in [-0.4, -0.2) is 29.5 Å². The van der Waals surface area contributed by atoms with Gasteiger partial charge in [-0.1, -0.05) is 23.7 Å². The molecule has 2 rings (SSSR count). The normalized spacial score (nSPS) is 9.92. The van der Waals surface area contributed by atoms with Crippen LogP contribution in [0.2, 0.25) is 5.02 Å². The molecule has 0 bridgehead atoms. The van der Waals surface area contributed by atoms with Crippen LogP contribution in [0.1, 0.15) is 10.5 Å². The van der Waals surface area contributed by atoms with Crippen molar-refractivity contribution in [3.05, 3.63) is 59.1 Å². The van der Waals surface area contributed by atoms with E-state index >= 15 is 0 Å². The number of nitrogens with zero attached hydrogens (tertiary/aromatic N) is 1. The average Bonchev–Trinajstić information content (AvgIpc) is 2.54. The predicted molar refractivity (Wildman–Crippen MR) is 83.1 cm³/mol. The van der Waals surface area contributed by atoms with Gasteiger partial charge in [0.25, 0.3) is 5.91 Å². The quantitative estimate of drug-likeness (QED) is 0.824. The first-order valence-electron chi connectivity index (χ1n) is 6.60. The highest BCUT2D eigenvalue weighted by Gasteiger charge is 2.14. The number of anilines is 1. The molecule has 0 saturated carbocycles. The van der Waals surface area contributed by atoms with E-state index in [1.54, 1.807) is 0 Å². The molecule has 0 aliphatic carbocycles. The first-order valence-corrected chi connectivity index (χ1v) is 6.97. The number of hydrogen-bond donors (Lipinski definition) is 2. The van der Waals surface area contributed by atoms with Crippen LogP contribution >= 0.6 is 11.6 Å². The number of aromatic nitrogens is 1. The zero-order chi connectivity index (χ0) is 17.5. The molecule has 0 unspecified atom stereocenters. The number of para-hydroxylation sites is 1.